The molecule has 1 aliphatic heterocycles. The van der Waals surface area contributed by atoms with Crippen LogP contribution in [0.25, 0.3) is 6.08 Å². The van der Waals surface area contributed by atoms with Crippen molar-refractivity contribution in [1.29, 1.82) is 0 Å². The predicted octanol–water partition coefficient (Wildman–Crippen LogP) is 4.50. The summed E-state index contributed by atoms with van der Waals surface area (Å²) in [5.41, 5.74) is 1.49. The Morgan fingerprint density at radius 3 is 2.58 bits per heavy atom. The highest BCUT2D eigenvalue weighted by molar-refractivity contribution is 9.10. The number of thioether (sulfide) groups is 1. The van der Waals surface area contributed by atoms with E-state index in [0.717, 1.165) is 17.3 Å². The van der Waals surface area contributed by atoms with Crippen LogP contribution in [0.4, 0.5) is 9.18 Å². The molecule has 1 heterocycles. The number of halogens is 2. The lowest BCUT2D eigenvalue weighted by Gasteiger charge is -2.14. The molecular weight excluding hydrogens is 425 g/mol. The Bertz CT molecular complexity index is 899. The van der Waals surface area contributed by atoms with Crippen LogP contribution in [-0.4, -0.2) is 18.3 Å². The monoisotopic (exact) mass is 437 g/mol. The number of hydrogen-bond donors (Lipinski definition) is 1. The van der Waals surface area contributed by atoms with Crippen LogP contribution in [-0.2, 0) is 11.4 Å². The van der Waals surface area contributed by atoms with Crippen molar-refractivity contribution in [3.05, 3.63) is 62.7 Å². The quantitative estimate of drug-likeness (QED) is 0.697. The molecule has 0 atom stereocenters. The number of methoxy groups -OCH3 is 1. The zero-order valence-electron chi connectivity index (χ0n) is 13.5. The summed E-state index contributed by atoms with van der Waals surface area (Å²) in [5.74, 6) is 0.213. The Morgan fingerprint density at radius 2 is 1.96 bits per heavy atom. The van der Waals surface area contributed by atoms with Crippen LogP contribution in [0, 0.1) is 5.82 Å². The van der Waals surface area contributed by atoms with Crippen molar-refractivity contribution >= 4 is 44.9 Å². The molecule has 0 aliphatic carbocycles. The summed E-state index contributed by atoms with van der Waals surface area (Å²) >= 11 is 4.28. The van der Waals surface area contributed by atoms with Crippen LogP contribution < -0.4 is 14.8 Å². The summed E-state index contributed by atoms with van der Waals surface area (Å²) in [7, 11) is 1.50. The molecule has 5 nitrogen and oxygen atoms in total. The molecule has 3 rings (SSSR count). The van der Waals surface area contributed by atoms with Gasteiger partial charge in [-0.05, 0) is 69.2 Å². The number of amides is 2. The third-order valence-corrected chi connectivity index (χ3v) is 4.89. The number of carbonyl (C=O) groups is 2. The molecule has 0 radical (unpaired) electrons. The van der Waals surface area contributed by atoms with Gasteiger partial charge in [0.25, 0.3) is 11.1 Å². The van der Waals surface area contributed by atoms with Gasteiger partial charge in [-0.2, -0.15) is 0 Å². The van der Waals surface area contributed by atoms with Gasteiger partial charge in [-0.25, -0.2) is 4.39 Å². The first-order chi connectivity index (χ1) is 12.5. The van der Waals surface area contributed by atoms with Crippen LogP contribution in [0.3, 0.4) is 0 Å². The van der Waals surface area contributed by atoms with E-state index in [0.29, 0.717) is 26.4 Å². The van der Waals surface area contributed by atoms with Crippen molar-refractivity contribution in [1.82, 2.24) is 5.32 Å². The van der Waals surface area contributed by atoms with E-state index in [9.17, 15) is 14.0 Å². The maximum atomic E-state index is 13.0. The smallest absolute Gasteiger partial charge is 0.290 e. The Morgan fingerprint density at radius 1 is 1.23 bits per heavy atom. The molecule has 26 heavy (non-hydrogen) atoms. The second-order valence-corrected chi connectivity index (χ2v) is 7.17. The molecule has 0 unspecified atom stereocenters. The Hall–Kier alpha value is -2.32. The van der Waals surface area contributed by atoms with Gasteiger partial charge >= 0.3 is 0 Å². The van der Waals surface area contributed by atoms with E-state index in [4.69, 9.17) is 9.47 Å². The number of ether oxygens (including phenoxy) is 2. The van der Waals surface area contributed by atoms with Gasteiger partial charge in [-0.1, -0.05) is 12.1 Å². The van der Waals surface area contributed by atoms with E-state index in [2.05, 4.69) is 21.2 Å². The molecule has 0 saturated carbocycles. The van der Waals surface area contributed by atoms with E-state index < -0.39 is 11.1 Å². The SMILES string of the molecule is COc1cc(/C=C2\SC(=O)NC2=O)cc(Br)c1OCc1ccc(F)cc1. The molecule has 1 aliphatic rings. The summed E-state index contributed by atoms with van der Waals surface area (Å²) < 4.78 is 24.8. The van der Waals surface area contributed by atoms with Gasteiger partial charge in [-0.3, -0.25) is 14.9 Å². The third-order valence-electron chi connectivity index (χ3n) is 3.49. The van der Waals surface area contributed by atoms with Crippen molar-refractivity contribution in [2.75, 3.05) is 7.11 Å². The molecule has 1 saturated heterocycles. The highest BCUT2D eigenvalue weighted by Gasteiger charge is 2.25. The molecule has 0 aromatic heterocycles. The minimum Gasteiger partial charge on any atom is -0.493 e. The number of nitrogens with one attached hydrogen (secondary N) is 1. The zero-order chi connectivity index (χ0) is 18.7. The minimum absolute atomic E-state index is 0.239. The molecule has 8 heteroatoms. The van der Waals surface area contributed by atoms with Crippen LogP contribution in [0.1, 0.15) is 11.1 Å². The second kappa shape index (κ2) is 7.92. The number of imide groups is 1. The Balaban J connectivity index is 1.83. The lowest BCUT2D eigenvalue weighted by Crippen LogP contribution is -2.17. The van der Waals surface area contributed by atoms with Crippen molar-refractivity contribution < 1.29 is 23.5 Å². The maximum Gasteiger partial charge on any atom is 0.290 e. The van der Waals surface area contributed by atoms with Gasteiger partial charge in [0.1, 0.15) is 12.4 Å². The fraction of sp³-hybridized carbons (Fsp3) is 0.111. The third kappa shape index (κ3) is 4.25. The molecule has 0 bridgehead atoms. The lowest BCUT2D eigenvalue weighted by atomic mass is 10.2. The highest BCUT2D eigenvalue weighted by Crippen LogP contribution is 2.38. The average molecular weight is 438 g/mol. The molecule has 1 fully saturated rings. The number of hydrogen-bond acceptors (Lipinski definition) is 5. The summed E-state index contributed by atoms with van der Waals surface area (Å²) in [4.78, 5) is 23.2. The molecule has 0 spiro atoms. The van der Waals surface area contributed by atoms with Crippen molar-refractivity contribution in [2.45, 2.75) is 6.61 Å². The van der Waals surface area contributed by atoms with E-state index >= 15 is 0 Å². The van der Waals surface area contributed by atoms with Crippen LogP contribution >= 0.6 is 27.7 Å². The standard InChI is InChI=1S/C18H13BrFNO4S/c1-24-14-7-11(8-15-17(22)21-18(23)26-15)6-13(19)16(14)25-9-10-2-4-12(20)5-3-10/h2-8H,9H2,1H3,(H,21,22,23)/b15-8-. The first-order valence-corrected chi connectivity index (χ1v) is 9.07. The summed E-state index contributed by atoms with van der Waals surface area (Å²) in [6, 6.07) is 9.47. The van der Waals surface area contributed by atoms with E-state index in [1.807, 2.05) is 0 Å². The minimum atomic E-state index is -0.424. The summed E-state index contributed by atoms with van der Waals surface area (Å²) in [6.07, 6.45) is 1.60. The predicted molar refractivity (Wildman–Crippen MR) is 101 cm³/mol. The van der Waals surface area contributed by atoms with Crippen LogP contribution in [0.2, 0.25) is 0 Å². The van der Waals surface area contributed by atoms with Gasteiger partial charge in [0.05, 0.1) is 16.5 Å². The van der Waals surface area contributed by atoms with E-state index in [1.165, 1.54) is 19.2 Å². The van der Waals surface area contributed by atoms with Crippen molar-refractivity contribution in [3.8, 4) is 11.5 Å². The highest BCUT2D eigenvalue weighted by atomic mass is 79.9. The fourth-order valence-electron chi connectivity index (χ4n) is 2.27. The first kappa shape index (κ1) is 18.5. The van der Waals surface area contributed by atoms with Gasteiger partial charge in [0.15, 0.2) is 11.5 Å². The Kier molecular flexibility index (Phi) is 5.63. The lowest BCUT2D eigenvalue weighted by molar-refractivity contribution is -0.115. The number of benzene rings is 2. The van der Waals surface area contributed by atoms with Crippen LogP contribution in [0.15, 0.2) is 45.8 Å². The summed E-state index contributed by atoms with van der Waals surface area (Å²) in [5, 5.41) is 1.81. The van der Waals surface area contributed by atoms with E-state index in [-0.39, 0.29) is 12.4 Å². The molecule has 134 valence electrons. The average Bonchev–Trinajstić information content (AvgIpc) is 2.92. The maximum absolute atomic E-state index is 13.0. The van der Waals surface area contributed by atoms with Crippen LogP contribution in [0.5, 0.6) is 11.5 Å². The topological polar surface area (TPSA) is 64.6 Å². The zero-order valence-corrected chi connectivity index (χ0v) is 15.9. The van der Waals surface area contributed by atoms with Gasteiger partial charge in [0, 0.05) is 0 Å². The molecule has 1 N–H and O–H groups in total. The molecule has 2 amide bonds. The fourth-order valence-corrected chi connectivity index (χ4v) is 3.53. The van der Waals surface area contributed by atoms with Gasteiger partial charge < -0.3 is 9.47 Å². The normalized spacial score (nSPS) is 15.3. The number of carbonyl (C=O) groups excluding carboxylic acids is 2. The number of rotatable bonds is 5. The molecule has 2 aromatic carbocycles. The Labute approximate surface area is 161 Å². The van der Waals surface area contributed by atoms with Gasteiger partial charge in [-0.15, -0.1) is 0 Å². The van der Waals surface area contributed by atoms with Crippen molar-refractivity contribution in [3.63, 3.8) is 0 Å². The second-order valence-electron chi connectivity index (χ2n) is 5.30. The largest absolute Gasteiger partial charge is 0.493 e. The molecular formula is C18H13BrFNO4S. The molecule has 2 aromatic rings. The van der Waals surface area contributed by atoms with E-state index in [1.54, 1.807) is 30.3 Å². The van der Waals surface area contributed by atoms with Gasteiger partial charge in [0.2, 0.25) is 0 Å². The summed E-state index contributed by atoms with van der Waals surface area (Å²) in [6.45, 7) is 0.239. The first-order valence-electron chi connectivity index (χ1n) is 7.46. The van der Waals surface area contributed by atoms with Crippen molar-refractivity contribution in [2.24, 2.45) is 0 Å².